The first-order valence-electron chi connectivity index (χ1n) is 1.85. The van der Waals surface area contributed by atoms with Crippen molar-refractivity contribution >= 4 is 33.9 Å². The molecule has 0 saturated carbocycles. The predicted octanol–water partition coefficient (Wildman–Crippen LogP) is 0.183. The molecule has 0 aromatic carbocycles. The van der Waals surface area contributed by atoms with Crippen LogP contribution in [0.15, 0.2) is 0 Å². The lowest BCUT2D eigenvalue weighted by molar-refractivity contribution is 0.323. The molecule has 3 nitrogen and oxygen atoms in total. The first-order chi connectivity index (χ1) is 3.27. The monoisotopic (exact) mass is 200 g/mol. The van der Waals surface area contributed by atoms with Gasteiger partial charge in [0.1, 0.15) is 0 Å². The molecule has 0 rings (SSSR count). The van der Waals surface area contributed by atoms with Crippen LogP contribution in [0, 0.1) is 5.41 Å². The fraction of sp³-hybridized carbons (Fsp3) is 0.667. The van der Waals surface area contributed by atoms with Crippen LogP contribution in [0.4, 0.5) is 0 Å². The van der Waals surface area contributed by atoms with Crippen molar-refractivity contribution in [2.45, 2.75) is 0 Å². The smallest absolute Gasteiger partial charge is 0.151 e. The molecule has 0 aromatic rings. The summed E-state index contributed by atoms with van der Waals surface area (Å²) in [6.45, 7) is 0.0875. The van der Waals surface area contributed by atoms with Gasteiger partial charge in [-0.1, -0.05) is 11.8 Å². The number of aliphatic hydroxyl groups is 1. The van der Waals surface area contributed by atoms with Gasteiger partial charge in [0.05, 0.1) is 6.61 Å². The average molecular weight is 201 g/mol. The third-order valence-corrected chi connectivity index (χ3v) is 1.05. The number of halogens is 1. The molecule has 0 atom stereocenters. The van der Waals surface area contributed by atoms with Crippen LogP contribution in [0.1, 0.15) is 0 Å². The fourth-order valence-corrected chi connectivity index (χ4v) is 0.467. The van der Waals surface area contributed by atoms with E-state index in [1.165, 1.54) is 0 Å². The summed E-state index contributed by atoms with van der Waals surface area (Å²) < 4.78 is 0. The maximum Gasteiger partial charge on any atom is 0.151 e. The van der Waals surface area contributed by atoms with Crippen molar-refractivity contribution in [2.24, 2.45) is 5.73 Å². The van der Waals surface area contributed by atoms with Crippen LogP contribution in [0.5, 0.6) is 0 Å². The zero-order valence-corrected chi connectivity index (χ0v) is 6.78. The van der Waals surface area contributed by atoms with Gasteiger partial charge in [-0.15, -0.1) is 17.0 Å². The van der Waals surface area contributed by atoms with Crippen molar-refractivity contribution in [3.8, 4) is 0 Å². The van der Waals surface area contributed by atoms with Gasteiger partial charge in [0.2, 0.25) is 0 Å². The molecule has 0 spiro atoms. The van der Waals surface area contributed by atoms with Crippen LogP contribution in [0.2, 0.25) is 0 Å². The van der Waals surface area contributed by atoms with Crippen molar-refractivity contribution in [2.75, 3.05) is 12.4 Å². The number of hydrogen-bond donors (Lipinski definition) is 3. The molecule has 0 radical (unpaired) electrons. The number of rotatable bonds is 2. The Balaban J connectivity index is 0. The highest BCUT2D eigenvalue weighted by Crippen LogP contribution is 1.93. The normalized spacial score (nSPS) is 7.62. The Morgan fingerprint density at radius 1 is 1.75 bits per heavy atom. The molecule has 0 aliphatic heterocycles. The van der Waals surface area contributed by atoms with Gasteiger partial charge in [-0.2, -0.15) is 0 Å². The molecular formula is C3H9BrN2OS. The zero-order chi connectivity index (χ0) is 5.70. The molecule has 0 heterocycles. The predicted molar refractivity (Wildman–Crippen MR) is 41.8 cm³/mol. The zero-order valence-electron chi connectivity index (χ0n) is 4.26. The second-order valence-corrected chi connectivity index (χ2v) is 2.07. The summed E-state index contributed by atoms with van der Waals surface area (Å²) in [6.07, 6.45) is 0. The number of nitrogens with two attached hydrogens (primary N) is 1. The lowest BCUT2D eigenvalue weighted by atomic mass is 10.9. The first kappa shape index (κ1) is 11.1. The maximum atomic E-state index is 8.14. The van der Waals surface area contributed by atoms with Gasteiger partial charge in [-0.25, -0.2) is 0 Å². The molecule has 0 bridgehead atoms. The standard InChI is InChI=1S/C3H8N2OS.BrH/c4-3(5)7-2-1-6;/h6H,1-2H2,(H3,4,5);1H. The van der Waals surface area contributed by atoms with Crippen molar-refractivity contribution in [3.63, 3.8) is 0 Å². The van der Waals surface area contributed by atoms with Crippen molar-refractivity contribution in [1.82, 2.24) is 0 Å². The van der Waals surface area contributed by atoms with Crippen LogP contribution >= 0.6 is 28.7 Å². The van der Waals surface area contributed by atoms with E-state index < -0.39 is 0 Å². The molecule has 0 unspecified atom stereocenters. The number of aliphatic hydroxyl groups excluding tert-OH is 1. The largest absolute Gasteiger partial charge is 0.396 e. The number of nitrogens with one attached hydrogen (secondary N) is 1. The third-order valence-electron chi connectivity index (χ3n) is 0.349. The Morgan fingerprint density at radius 3 is 2.38 bits per heavy atom. The molecule has 0 fully saturated rings. The molecule has 0 amide bonds. The summed E-state index contributed by atoms with van der Waals surface area (Å²) in [5.74, 6) is 0.523. The van der Waals surface area contributed by atoms with E-state index in [0.717, 1.165) is 11.8 Å². The van der Waals surface area contributed by atoms with Gasteiger partial charge in [0.15, 0.2) is 5.17 Å². The summed E-state index contributed by atoms with van der Waals surface area (Å²) in [5.41, 5.74) is 4.91. The van der Waals surface area contributed by atoms with E-state index in [1.54, 1.807) is 0 Å². The topological polar surface area (TPSA) is 70.1 Å². The van der Waals surface area contributed by atoms with E-state index in [2.05, 4.69) is 0 Å². The Bertz CT molecular complexity index is 70.3. The molecular weight excluding hydrogens is 192 g/mol. The van der Waals surface area contributed by atoms with Gasteiger partial charge in [-0.3, -0.25) is 5.41 Å². The Kier molecular flexibility index (Phi) is 10.1. The van der Waals surface area contributed by atoms with E-state index in [0.29, 0.717) is 5.75 Å². The first-order valence-corrected chi connectivity index (χ1v) is 2.83. The number of hydrogen-bond acceptors (Lipinski definition) is 3. The Labute approximate surface area is 62.9 Å². The van der Waals surface area contributed by atoms with Crippen molar-refractivity contribution in [3.05, 3.63) is 0 Å². The second kappa shape index (κ2) is 7.26. The number of amidine groups is 1. The summed E-state index contributed by atoms with van der Waals surface area (Å²) in [4.78, 5) is 0. The maximum absolute atomic E-state index is 8.14. The molecule has 5 heteroatoms. The van der Waals surface area contributed by atoms with Crippen LogP contribution in [-0.4, -0.2) is 22.6 Å². The van der Waals surface area contributed by atoms with Crippen molar-refractivity contribution < 1.29 is 5.11 Å². The highest BCUT2D eigenvalue weighted by atomic mass is 79.9. The van der Waals surface area contributed by atoms with Crippen LogP contribution in [-0.2, 0) is 0 Å². The quantitative estimate of drug-likeness (QED) is 0.441. The summed E-state index contributed by atoms with van der Waals surface area (Å²) in [7, 11) is 0. The van der Waals surface area contributed by atoms with Gasteiger partial charge >= 0.3 is 0 Å². The molecule has 50 valence electrons. The van der Waals surface area contributed by atoms with Crippen LogP contribution < -0.4 is 5.73 Å². The third kappa shape index (κ3) is 9.54. The Morgan fingerprint density at radius 2 is 2.25 bits per heavy atom. The van der Waals surface area contributed by atoms with Gasteiger partial charge in [0, 0.05) is 5.75 Å². The van der Waals surface area contributed by atoms with Gasteiger partial charge in [-0.05, 0) is 0 Å². The van der Waals surface area contributed by atoms with Crippen molar-refractivity contribution in [1.29, 1.82) is 5.41 Å². The molecule has 0 saturated heterocycles. The fourth-order valence-electron chi connectivity index (χ4n) is 0.156. The highest BCUT2D eigenvalue weighted by Gasteiger charge is 1.84. The van der Waals surface area contributed by atoms with Crippen LogP contribution in [0.25, 0.3) is 0 Å². The van der Waals surface area contributed by atoms with E-state index in [4.69, 9.17) is 16.2 Å². The molecule has 0 aromatic heterocycles. The molecule has 0 aliphatic carbocycles. The minimum Gasteiger partial charge on any atom is -0.396 e. The average Bonchev–Trinajstić information content (AvgIpc) is 1.61. The molecule has 0 aliphatic rings. The van der Waals surface area contributed by atoms with E-state index in [9.17, 15) is 0 Å². The van der Waals surface area contributed by atoms with Gasteiger partial charge < -0.3 is 10.8 Å². The summed E-state index contributed by atoms with van der Waals surface area (Å²) in [5, 5.41) is 14.8. The summed E-state index contributed by atoms with van der Waals surface area (Å²) in [6, 6.07) is 0. The second-order valence-electron chi connectivity index (χ2n) is 0.936. The molecule has 8 heavy (non-hydrogen) atoms. The van der Waals surface area contributed by atoms with E-state index >= 15 is 0 Å². The minimum absolute atomic E-state index is 0. The lowest BCUT2D eigenvalue weighted by Crippen LogP contribution is -2.05. The van der Waals surface area contributed by atoms with E-state index in [1.807, 2.05) is 0 Å². The van der Waals surface area contributed by atoms with E-state index in [-0.39, 0.29) is 28.8 Å². The Hall–Kier alpha value is 0.260. The van der Waals surface area contributed by atoms with Crippen LogP contribution in [0.3, 0.4) is 0 Å². The SMILES string of the molecule is Br.N=C(N)SCCO. The lowest BCUT2D eigenvalue weighted by Gasteiger charge is -1.89. The minimum atomic E-state index is 0. The van der Waals surface area contributed by atoms with Gasteiger partial charge in [0.25, 0.3) is 0 Å². The molecule has 4 N–H and O–H groups in total. The highest BCUT2D eigenvalue weighted by molar-refractivity contribution is 8.93. The number of thioether (sulfide) groups is 1. The summed E-state index contributed by atoms with van der Waals surface area (Å²) >= 11 is 1.14.